The van der Waals surface area contributed by atoms with Gasteiger partial charge in [0.1, 0.15) is 11.5 Å². The molecule has 0 unspecified atom stereocenters. The Labute approximate surface area is 98.8 Å². The van der Waals surface area contributed by atoms with Crippen molar-refractivity contribution in [2.45, 2.75) is 39.8 Å². The van der Waals surface area contributed by atoms with E-state index in [1.54, 1.807) is 0 Å². The van der Waals surface area contributed by atoms with Crippen molar-refractivity contribution in [1.29, 1.82) is 0 Å². The quantitative estimate of drug-likeness (QED) is 0.736. The number of nitrogens with zero attached hydrogens (tertiary/aromatic N) is 1. The maximum absolute atomic E-state index is 5.73. The molecule has 0 aliphatic heterocycles. The minimum Gasteiger partial charge on any atom is -0.463 e. The number of furan rings is 1. The van der Waals surface area contributed by atoms with Crippen molar-refractivity contribution in [3.8, 4) is 0 Å². The average Bonchev–Trinajstić information content (AvgIpc) is 2.71. The molecule has 1 heterocycles. The molecule has 0 radical (unpaired) electrons. The van der Waals surface area contributed by atoms with E-state index in [0.717, 1.165) is 37.7 Å². The number of nitrogens with one attached hydrogen (secondary N) is 1. The first-order chi connectivity index (χ1) is 7.76. The molecular weight excluding hydrogens is 200 g/mol. The van der Waals surface area contributed by atoms with Crippen LogP contribution in [0.4, 0.5) is 0 Å². The molecule has 0 aliphatic carbocycles. The lowest BCUT2D eigenvalue weighted by Gasteiger charge is -2.13. The maximum Gasteiger partial charge on any atom is 0.118 e. The van der Waals surface area contributed by atoms with Gasteiger partial charge in [0.25, 0.3) is 0 Å². The van der Waals surface area contributed by atoms with Gasteiger partial charge in [0, 0.05) is 0 Å². The molecule has 1 aromatic rings. The third-order valence-electron chi connectivity index (χ3n) is 2.59. The lowest BCUT2D eigenvalue weighted by Crippen LogP contribution is -2.18. The van der Waals surface area contributed by atoms with Gasteiger partial charge in [-0.25, -0.2) is 0 Å². The Bertz CT molecular complexity index is 283. The molecule has 1 aromatic heterocycles. The van der Waals surface area contributed by atoms with Crippen molar-refractivity contribution in [3.05, 3.63) is 23.7 Å². The number of hydrogen-bond donors (Lipinski definition) is 1. The van der Waals surface area contributed by atoms with E-state index in [0.29, 0.717) is 0 Å². The Balaban J connectivity index is 2.33. The molecule has 1 rings (SSSR count). The molecule has 16 heavy (non-hydrogen) atoms. The third kappa shape index (κ3) is 4.81. The van der Waals surface area contributed by atoms with Crippen LogP contribution in [-0.4, -0.2) is 25.0 Å². The number of rotatable bonds is 8. The van der Waals surface area contributed by atoms with Gasteiger partial charge in [0.05, 0.1) is 13.1 Å². The van der Waals surface area contributed by atoms with Crippen LogP contribution in [0.25, 0.3) is 0 Å². The molecule has 0 fully saturated rings. The summed E-state index contributed by atoms with van der Waals surface area (Å²) >= 11 is 0. The van der Waals surface area contributed by atoms with Crippen LogP contribution in [0.2, 0.25) is 0 Å². The minimum absolute atomic E-state index is 0.829. The topological polar surface area (TPSA) is 28.4 Å². The van der Waals surface area contributed by atoms with Gasteiger partial charge >= 0.3 is 0 Å². The Morgan fingerprint density at radius 3 is 2.69 bits per heavy atom. The van der Waals surface area contributed by atoms with Crippen LogP contribution in [0.15, 0.2) is 16.5 Å². The highest BCUT2D eigenvalue weighted by atomic mass is 16.3. The second-order valence-electron chi connectivity index (χ2n) is 4.24. The summed E-state index contributed by atoms with van der Waals surface area (Å²) in [6.07, 6.45) is 2.50. The van der Waals surface area contributed by atoms with E-state index in [-0.39, 0.29) is 0 Å². The molecule has 0 bridgehead atoms. The van der Waals surface area contributed by atoms with E-state index in [9.17, 15) is 0 Å². The van der Waals surface area contributed by atoms with Crippen LogP contribution in [0.1, 0.15) is 38.2 Å². The molecule has 0 aliphatic rings. The van der Waals surface area contributed by atoms with Gasteiger partial charge in [0.15, 0.2) is 0 Å². The monoisotopic (exact) mass is 224 g/mol. The van der Waals surface area contributed by atoms with E-state index >= 15 is 0 Å². The fraction of sp³-hybridized carbons (Fsp3) is 0.692. The second-order valence-corrected chi connectivity index (χ2v) is 4.24. The maximum atomic E-state index is 5.73. The molecule has 3 heteroatoms. The summed E-state index contributed by atoms with van der Waals surface area (Å²) in [6, 6.07) is 4.14. The van der Waals surface area contributed by atoms with Gasteiger partial charge in [-0.15, -0.1) is 0 Å². The van der Waals surface area contributed by atoms with Gasteiger partial charge in [-0.05, 0) is 38.7 Å². The van der Waals surface area contributed by atoms with Crippen molar-refractivity contribution in [3.63, 3.8) is 0 Å². The van der Waals surface area contributed by atoms with Crippen LogP contribution in [-0.2, 0) is 13.1 Å². The van der Waals surface area contributed by atoms with Crippen LogP contribution >= 0.6 is 0 Å². The summed E-state index contributed by atoms with van der Waals surface area (Å²) in [5.74, 6) is 2.09. The lowest BCUT2D eigenvalue weighted by atomic mass is 10.3. The molecule has 92 valence electrons. The average molecular weight is 224 g/mol. The predicted molar refractivity (Wildman–Crippen MR) is 67.3 cm³/mol. The molecule has 3 nitrogen and oxygen atoms in total. The molecular formula is C13H24N2O. The fourth-order valence-corrected chi connectivity index (χ4v) is 1.62. The summed E-state index contributed by atoms with van der Waals surface area (Å²) in [5.41, 5.74) is 0. The first-order valence-electron chi connectivity index (χ1n) is 6.23. The zero-order chi connectivity index (χ0) is 11.8. The SMILES string of the molecule is CCCCN(C)Cc1ccc(CNCC)o1. The lowest BCUT2D eigenvalue weighted by molar-refractivity contribution is 0.285. The van der Waals surface area contributed by atoms with Crippen LogP contribution in [0.5, 0.6) is 0 Å². The zero-order valence-corrected chi connectivity index (χ0v) is 10.8. The molecule has 0 amide bonds. The van der Waals surface area contributed by atoms with E-state index in [4.69, 9.17) is 4.42 Å². The normalized spacial score (nSPS) is 11.2. The molecule has 0 saturated carbocycles. The van der Waals surface area contributed by atoms with Gasteiger partial charge in [-0.1, -0.05) is 20.3 Å². The summed E-state index contributed by atoms with van der Waals surface area (Å²) in [5, 5.41) is 3.26. The Morgan fingerprint density at radius 2 is 2.00 bits per heavy atom. The Hall–Kier alpha value is -0.800. The van der Waals surface area contributed by atoms with Crippen molar-refractivity contribution in [2.75, 3.05) is 20.1 Å². The fourth-order valence-electron chi connectivity index (χ4n) is 1.62. The summed E-state index contributed by atoms with van der Waals surface area (Å²) in [4.78, 5) is 2.30. The van der Waals surface area contributed by atoms with E-state index in [1.807, 2.05) is 0 Å². The second kappa shape index (κ2) is 7.47. The first kappa shape index (κ1) is 13.3. The highest BCUT2D eigenvalue weighted by molar-refractivity contribution is 5.06. The standard InChI is InChI=1S/C13H24N2O/c1-4-6-9-15(3)11-13-8-7-12(16-13)10-14-5-2/h7-8,14H,4-6,9-11H2,1-3H3. The predicted octanol–water partition coefficient (Wildman–Crippen LogP) is 2.62. The smallest absolute Gasteiger partial charge is 0.118 e. The minimum atomic E-state index is 0.829. The molecule has 0 aromatic carbocycles. The molecule has 0 spiro atoms. The molecule has 0 atom stereocenters. The van der Waals surface area contributed by atoms with E-state index in [2.05, 4.69) is 43.2 Å². The van der Waals surface area contributed by atoms with Crippen molar-refractivity contribution in [2.24, 2.45) is 0 Å². The number of unbranched alkanes of at least 4 members (excludes halogenated alkanes) is 1. The van der Waals surface area contributed by atoms with Crippen LogP contribution in [0, 0.1) is 0 Å². The summed E-state index contributed by atoms with van der Waals surface area (Å²) in [6.45, 7) is 8.17. The molecule has 1 N–H and O–H groups in total. The zero-order valence-electron chi connectivity index (χ0n) is 10.8. The summed E-state index contributed by atoms with van der Waals surface area (Å²) in [7, 11) is 2.14. The largest absolute Gasteiger partial charge is 0.463 e. The van der Waals surface area contributed by atoms with Crippen molar-refractivity contribution >= 4 is 0 Å². The van der Waals surface area contributed by atoms with E-state index < -0.39 is 0 Å². The Morgan fingerprint density at radius 1 is 1.25 bits per heavy atom. The first-order valence-corrected chi connectivity index (χ1v) is 6.23. The van der Waals surface area contributed by atoms with E-state index in [1.165, 1.54) is 12.8 Å². The Kier molecular flexibility index (Phi) is 6.19. The van der Waals surface area contributed by atoms with Gasteiger partial charge < -0.3 is 9.73 Å². The summed E-state index contributed by atoms with van der Waals surface area (Å²) < 4.78 is 5.73. The van der Waals surface area contributed by atoms with Crippen molar-refractivity contribution < 1.29 is 4.42 Å². The number of hydrogen-bond acceptors (Lipinski definition) is 3. The third-order valence-corrected chi connectivity index (χ3v) is 2.59. The van der Waals surface area contributed by atoms with Gasteiger partial charge in [0.2, 0.25) is 0 Å². The van der Waals surface area contributed by atoms with Gasteiger partial charge in [-0.2, -0.15) is 0 Å². The van der Waals surface area contributed by atoms with Crippen LogP contribution < -0.4 is 5.32 Å². The van der Waals surface area contributed by atoms with Crippen LogP contribution in [0.3, 0.4) is 0 Å². The highest BCUT2D eigenvalue weighted by Gasteiger charge is 2.04. The highest BCUT2D eigenvalue weighted by Crippen LogP contribution is 2.10. The van der Waals surface area contributed by atoms with Gasteiger partial charge in [-0.3, -0.25) is 4.90 Å². The molecule has 0 saturated heterocycles. The van der Waals surface area contributed by atoms with Crippen molar-refractivity contribution in [1.82, 2.24) is 10.2 Å².